The van der Waals surface area contributed by atoms with Crippen LogP contribution in [0.15, 0.2) is 12.4 Å². The normalized spacial score (nSPS) is 25.9. The van der Waals surface area contributed by atoms with Gasteiger partial charge in [-0.05, 0) is 24.3 Å². The average molecular weight is 180 g/mol. The quantitative estimate of drug-likeness (QED) is 0.744. The zero-order valence-electron chi connectivity index (χ0n) is 7.47. The van der Waals surface area contributed by atoms with Gasteiger partial charge in [0, 0.05) is 13.2 Å². The third-order valence-electron chi connectivity index (χ3n) is 2.50. The van der Waals surface area contributed by atoms with Gasteiger partial charge in [-0.1, -0.05) is 0 Å². The fourth-order valence-electron chi connectivity index (χ4n) is 1.66. The van der Waals surface area contributed by atoms with Crippen LogP contribution in [0, 0.1) is 11.8 Å². The van der Waals surface area contributed by atoms with Crippen LogP contribution in [0.5, 0.6) is 0 Å². The number of aliphatic carboxylic acids is 1. The van der Waals surface area contributed by atoms with Crippen LogP contribution >= 0.6 is 0 Å². The van der Waals surface area contributed by atoms with E-state index in [1.54, 1.807) is 10.9 Å². The summed E-state index contributed by atoms with van der Waals surface area (Å²) in [6.07, 6.45) is 5.42. The SMILES string of the molecule is Cn1cc(C[C@@H]2C[C@@H]2C(=O)O)cn1. The lowest BCUT2D eigenvalue weighted by Crippen LogP contribution is -2.00. The molecule has 4 heteroatoms. The Labute approximate surface area is 76.2 Å². The molecule has 13 heavy (non-hydrogen) atoms. The van der Waals surface area contributed by atoms with Crippen molar-refractivity contribution < 1.29 is 9.90 Å². The average Bonchev–Trinajstić information content (AvgIpc) is 2.69. The number of hydrogen-bond donors (Lipinski definition) is 1. The van der Waals surface area contributed by atoms with Crippen molar-refractivity contribution in [3.8, 4) is 0 Å². The minimum absolute atomic E-state index is 0.111. The van der Waals surface area contributed by atoms with Crippen molar-refractivity contribution in [2.75, 3.05) is 0 Å². The highest BCUT2D eigenvalue weighted by Gasteiger charge is 2.42. The lowest BCUT2D eigenvalue weighted by atomic mass is 10.1. The van der Waals surface area contributed by atoms with E-state index in [9.17, 15) is 4.79 Å². The first-order valence-corrected chi connectivity index (χ1v) is 4.37. The molecule has 1 aliphatic rings. The maximum atomic E-state index is 10.5. The van der Waals surface area contributed by atoms with Gasteiger partial charge in [-0.25, -0.2) is 0 Å². The molecule has 0 radical (unpaired) electrons. The van der Waals surface area contributed by atoms with Crippen LogP contribution < -0.4 is 0 Å². The first-order chi connectivity index (χ1) is 6.16. The lowest BCUT2D eigenvalue weighted by molar-refractivity contribution is -0.138. The van der Waals surface area contributed by atoms with Crippen molar-refractivity contribution in [2.45, 2.75) is 12.8 Å². The monoisotopic (exact) mass is 180 g/mol. The van der Waals surface area contributed by atoms with Crippen molar-refractivity contribution in [1.82, 2.24) is 9.78 Å². The van der Waals surface area contributed by atoms with Crippen molar-refractivity contribution in [3.05, 3.63) is 18.0 Å². The molecule has 0 spiro atoms. The summed E-state index contributed by atoms with van der Waals surface area (Å²) in [4.78, 5) is 10.5. The number of carbonyl (C=O) groups is 1. The number of carboxylic acids is 1. The summed E-state index contributed by atoms with van der Waals surface area (Å²) in [6, 6.07) is 0. The number of rotatable bonds is 3. The van der Waals surface area contributed by atoms with Gasteiger partial charge in [0.2, 0.25) is 0 Å². The van der Waals surface area contributed by atoms with Gasteiger partial charge >= 0.3 is 5.97 Å². The number of nitrogens with zero attached hydrogens (tertiary/aromatic N) is 2. The van der Waals surface area contributed by atoms with E-state index in [-0.39, 0.29) is 5.92 Å². The highest BCUT2D eigenvalue weighted by molar-refractivity contribution is 5.73. The van der Waals surface area contributed by atoms with E-state index in [1.165, 1.54) is 0 Å². The van der Waals surface area contributed by atoms with E-state index in [2.05, 4.69) is 5.10 Å². The van der Waals surface area contributed by atoms with E-state index >= 15 is 0 Å². The predicted molar refractivity (Wildman–Crippen MR) is 46.1 cm³/mol. The Morgan fingerprint density at radius 3 is 3.08 bits per heavy atom. The summed E-state index contributed by atoms with van der Waals surface area (Å²) in [5.74, 6) is -0.434. The molecule has 0 amide bonds. The zero-order valence-corrected chi connectivity index (χ0v) is 7.47. The number of hydrogen-bond acceptors (Lipinski definition) is 2. The third kappa shape index (κ3) is 1.71. The number of carboxylic acid groups (broad SMARTS) is 1. The second kappa shape index (κ2) is 2.87. The van der Waals surface area contributed by atoms with Crippen LogP contribution in [0.25, 0.3) is 0 Å². The molecule has 2 atom stereocenters. The standard InChI is InChI=1S/C9H12N2O2/c1-11-5-6(4-10-11)2-7-3-8(7)9(12)13/h4-5,7-8H,2-3H2,1H3,(H,12,13)/t7-,8+/m1/s1. The van der Waals surface area contributed by atoms with E-state index in [1.807, 2.05) is 13.2 Å². The predicted octanol–water partition coefficient (Wildman–Crippen LogP) is 0.683. The summed E-state index contributed by atoms with van der Waals surface area (Å²) in [7, 11) is 1.87. The second-order valence-corrected chi connectivity index (χ2v) is 3.67. The Kier molecular flexibility index (Phi) is 1.83. The summed E-state index contributed by atoms with van der Waals surface area (Å²) in [5, 5.41) is 12.7. The van der Waals surface area contributed by atoms with Gasteiger partial charge in [-0.2, -0.15) is 5.10 Å². The largest absolute Gasteiger partial charge is 0.481 e. The molecule has 1 aromatic heterocycles. The molecule has 1 fully saturated rings. The van der Waals surface area contributed by atoms with Gasteiger partial charge < -0.3 is 5.11 Å². The van der Waals surface area contributed by atoms with E-state index < -0.39 is 5.97 Å². The van der Waals surface area contributed by atoms with Gasteiger partial charge in [0.05, 0.1) is 12.1 Å². The van der Waals surface area contributed by atoms with Crippen LogP contribution in [0.3, 0.4) is 0 Å². The molecule has 1 heterocycles. The van der Waals surface area contributed by atoms with Gasteiger partial charge in [0.1, 0.15) is 0 Å². The highest BCUT2D eigenvalue weighted by Crippen LogP contribution is 2.40. The summed E-state index contributed by atoms with van der Waals surface area (Å²) in [5.41, 5.74) is 1.14. The van der Waals surface area contributed by atoms with Gasteiger partial charge in [0.15, 0.2) is 0 Å². The Bertz CT molecular complexity index is 332. The van der Waals surface area contributed by atoms with E-state index in [4.69, 9.17) is 5.11 Å². The first-order valence-electron chi connectivity index (χ1n) is 4.37. The molecule has 0 saturated heterocycles. The highest BCUT2D eigenvalue weighted by atomic mass is 16.4. The molecule has 70 valence electrons. The molecule has 2 rings (SSSR count). The molecule has 1 aliphatic carbocycles. The third-order valence-corrected chi connectivity index (χ3v) is 2.50. The molecule has 1 N–H and O–H groups in total. The first kappa shape index (κ1) is 8.29. The topological polar surface area (TPSA) is 55.1 Å². The molecule has 1 aromatic rings. The number of aryl methyl sites for hydroxylation is 1. The van der Waals surface area contributed by atoms with Crippen molar-refractivity contribution in [1.29, 1.82) is 0 Å². The fraction of sp³-hybridized carbons (Fsp3) is 0.556. The Balaban J connectivity index is 1.91. The van der Waals surface area contributed by atoms with Crippen molar-refractivity contribution in [2.24, 2.45) is 18.9 Å². The number of aromatic nitrogens is 2. The minimum Gasteiger partial charge on any atom is -0.481 e. The van der Waals surface area contributed by atoms with Crippen LogP contribution in [0.2, 0.25) is 0 Å². The molecule has 0 unspecified atom stereocenters. The Morgan fingerprint density at radius 1 is 1.85 bits per heavy atom. The van der Waals surface area contributed by atoms with Crippen LogP contribution in [-0.4, -0.2) is 20.9 Å². The molecular weight excluding hydrogens is 168 g/mol. The Morgan fingerprint density at radius 2 is 2.62 bits per heavy atom. The molecule has 0 bridgehead atoms. The fourth-order valence-corrected chi connectivity index (χ4v) is 1.66. The minimum atomic E-state index is -0.658. The van der Waals surface area contributed by atoms with E-state index in [0.717, 1.165) is 18.4 Å². The van der Waals surface area contributed by atoms with Gasteiger partial charge in [-0.3, -0.25) is 9.48 Å². The molecule has 4 nitrogen and oxygen atoms in total. The molecule has 1 saturated carbocycles. The van der Waals surface area contributed by atoms with E-state index in [0.29, 0.717) is 5.92 Å². The van der Waals surface area contributed by atoms with Crippen molar-refractivity contribution in [3.63, 3.8) is 0 Å². The molecule has 0 aromatic carbocycles. The molecule has 0 aliphatic heterocycles. The maximum Gasteiger partial charge on any atom is 0.306 e. The molecular formula is C9H12N2O2. The van der Waals surface area contributed by atoms with Crippen LogP contribution in [0.4, 0.5) is 0 Å². The van der Waals surface area contributed by atoms with Gasteiger partial charge in [-0.15, -0.1) is 0 Å². The summed E-state index contributed by atoms with van der Waals surface area (Å²) >= 11 is 0. The lowest BCUT2D eigenvalue weighted by Gasteiger charge is -1.92. The van der Waals surface area contributed by atoms with Crippen molar-refractivity contribution >= 4 is 5.97 Å². The Hall–Kier alpha value is -1.32. The summed E-state index contributed by atoms with van der Waals surface area (Å²) in [6.45, 7) is 0. The van der Waals surface area contributed by atoms with Gasteiger partial charge in [0.25, 0.3) is 0 Å². The smallest absolute Gasteiger partial charge is 0.306 e. The maximum absolute atomic E-state index is 10.5. The zero-order chi connectivity index (χ0) is 9.42. The second-order valence-electron chi connectivity index (χ2n) is 3.67. The summed E-state index contributed by atoms with van der Waals surface area (Å²) < 4.78 is 1.74. The van der Waals surface area contributed by atoms with Crippen LogP contribution in [0.1, 0.15) is 12.0 Å². The van der Waals surface area contributed by atoms with Crippen LogP contribution in [-0.2, 0) is 18.3 Å².